The Kier molecular flexibility index (Phi) is 5.94. The lowest BCUT2D eigenvalue weighted by Crippen LogP contribution is -2.24. The summed E-state index contributed by atoms with van der Waals surface area (Å²) in [5.74, 6) is -0.763. The number of sulfonamides is 1. The maximum absolute atomic E-state index is 13.0. The summed E-state index contributed by atoms with van der Waals surface area (Å²) in [5.41, 5.74) is -1.47. The first kappa shape index (κ1) is 20.5. The van der Waals surface area contributed by atoms with Gasteiger partial charge < -0.3 is 5.32 Å². The number of rotatable bonds is 6. The van der Waals surface area contributed by atoms with E-state index in [1.807, 2.05) is 0 Å². The van der Waals surface area contributed by atoms with Crippen molar-refractivity contribution >= 4 is 21.6 Å². The van der Waals surface area contributed by atoms with Crippen molar-refractivity contribution in [1.29, 1.82) is 0 Å². The van der Waals surface area contributed by atoms with E-state index in [4.69, 9.17) is 0 Å². The van der Waals surface area contributed by atoms with Gasteiger partial charge in [0.1, 0.15) is 0 Å². The van der Waals surface area contributed by atoms with Gasteiger partial charge in [-0.25, -0.2) is 8.42 Å². The minimum Gasteiger partial charge on any atom is -0.326 e. The number of halogens is 3. The van der Waals surface area contributed by atoms with Crippen LogP contribution in [0.15, 0.2) is 65.7 Å². The van der Waals surface area contributed by atoms with Crippen LogP contribution >= 0.6 is 0 Å². The average molecular weight is 398 g/mol. The van der Waals surface area contributed by atoms with Gasteiger partial charge >= 0.3 is 6.18 Å². The SMILES string of the molecule is C=C(CC)NC(=O)c1ccc(C(F)(F)F)cc1NS(=O)(=O)c1ccccc1. The van der Waals surface area contributed by atoms with Gasteiger partial charge in [0.05, 0.1) is 21.7 Å². The van der Waals surface area contributed by atoms with Crippen molar-refractivity contribution < 1.29 is 26.4 Å². The van der Waals surface area contributed by atoms with E-state index in [0.29, 0.717) is 24.3 Å². The number of hydrogen-bond donors (Lipinski definition) is 2. The zero-order chi connectivity index (χ0) is 20.2. The number of carbonyl (C=O) groups is 1. The van der Waals surface area contributed by atoms with Crippen molar-refractivity contribution in [2.75, 3.05) is 4.72 Å². The van der Waals surface area contributed by atoms with Crippen molar-refractivity contribution in [3.05, 3.63) is 71.9 Å². The van der Waals surface area contributed by atoms with E-state index >= 15 is 0 Å². The van der Waals surface area contributed by atoms with Gasteiger partial charge in [-0.1, -0.05) is 31.7 Å². The van der Waals surface area contributed by atoms with Crippen LogP contribution in [-0.2, 0) is 16.2 Å². The molecule has 0 unspecified atom stereocenters. The van der Waals surface area contributed by atoms with Crippen LogP contribution in [0.2, 0.25) is 0 Å². The maximum atomic E-state index is 13.0. The monoisotopic (exact) mass is 398 g/mol. The van der Waals surface area contributed by atoms with E-state index in [0.717, 1.165) is 6.07 Å². The standard InChI is InChI=1S/C18H17F3N2O3S/c1-3-12(2)22-17(24)15-10-9-13(18(19,20)21)11-16(15)23-27(25,26)14-7-5-4-6-8-14/h4-11,23H,2-3H2,1H3,(H,22,24). The van der Waals surface area contributed by atoms with Gasteiger partial charge in [0.2, 0.25) is 0 Å². The number of benzene rings is 2. The summed E-state index contributed by atoms with van der Waals surface area (Å²) in [6, 6.07) is 9.33. The Bertz CT molecular complexity index is 956. The normalized spacial score (nSPS) is 11.7. The smallest absolute Gasteiger partial charge is 0.326 e. The van der Waals surface area contributed by atoms with Gasteiger partial charge in [0.25, 0.3) is 15.9 Å². The molecule has 27 heavy (non-hydrogen) atoms. The third-order valence-electron chi connectivity index (χ3n) is 3.61. The van der Waals surface area contributed by atoms with E-state index in [-0.39, 0.29) is 10.5 Å². The Labute approximate surface area is 155 Å². The predicted octanol–water partition coefficient (Wildman–Crippen LogP) is 4.16. The van der Waals surface area contributed by atoms with Crippen LogP contribution in [0.25, 0.3) is 0 Å². The second-order valence-corrected chi connectivity index (χ2v) is 7.27. The molecule has 144 valence electrons. The highest BCUT2D eigenvalue weighted by Gasteiger charge is 2.32. The van der Waals surface area contributed by atoms with Gasteiger partial charge in [-0.2, -0.15) is 13.2 Å². The summed E-state index contributed by atoms with van der Waals surface area (Å²) in [7, 11) is -4.19. The molecular weight excluding hydrogens is 381 g/mol. The molecule has 0 fully saturated rings. The molecule has 0 aliphatic rings. The van der Waals surface area contributed by atoms with Crippen LogP contribution in [0.4, 0.5) is 18.9 Å². The van der Waals surface area contributed by atoms with E-state index < -0.39 is 33.4 Å². The minimum atomic E-state index is -4.70. The predicted molar refractivity (Wildman–Crippen MR) is 95.6 cm³/mol. The van der Waals surface area contributed by atoms with E-state index in [1.165, 1.54) is 24.3 Å². The molecule has 5 nitrogen and oxygen atoms in total. The highest BCUT2D eigenvalue weighted by Crippen LogP contribution is 2.33. The lowest BCUT2D eigenvalue weighted by Gasteiger charge is -2.16. The fourth-order valence-electron chi connectivity index (χ4n) is 2.12. The number of allylic oxidation sites excluding steroid dienone is 1. The Morgan fingerprint density at radius 3 is 2.30 bits per heavy atom. The second kappa shape index (κ2) is 7.83. The van der Waals surface area contributed by atoms with Gasteiger partial charge in [0, 0.05) is 5.70 Å². The number of alkyl halides is 3. The lowest BCUT2D eigenvalue weighted by atomic mass is 10.1. The fraction of sp³-hybridized carbons (Fsp3) is 0.167. The average Bonchev–Trinajstić information content (AvgIpc) is 2.61. The maximum Gasteiger partial charge on any atom is 0.416 e. The molecule has 9 heteroatoms. The summed E-state index contributed by atoms with van der Waals surface area (Å²) in [5, 5.41) is 2.42. The van der Waals surface area contributed by atoms with Crippen molar-refractivity contribution in [2.45, 2.75) is 24.4 Å². The summed E-state index contributed by atoms with van der Waals surface area (Å²) in [6.45, 7) is 5.33. The topological polar surface area (TPSA) is 75.3 Å². The Balaban J connectivity index is 2.50. The molecule has 1 amide bonds. The first-order valence-electron chi connectivity index (χ1n) is 7.83. The van der Waals surface area contributed by atoms with Crippen LogP contribution in [0.1, 0.15) is 29.3 Å². The summed E-state index contributed by atoms with van der Waals surface area (Å²) >= 11 is 0. The van der Waals surface area contributed by atoms with Gasteiger partial charge in [0.15, 0.2) is 0 Å². The Morgan fingerprint density at radius 2 is 1.74 bits per heavy atom. The second-order valence-electron chi connectivity index (χ2n) is 5.59. The third-order valence-corrected chi connectivity index (χ3v) is 4.99. The quantitative estimate of drug-likeness (QED) is 0.767. The van der Waals surface area contributed by atoms with Crippen molar-refractivity contribution in [3.63, 3.8) is 0 Å². The molecule has 0 aliphatic carbocycles. The van der Waals surface area contributed by atoms with Crippen LogP contribution in [0.5, 0.6) is 0 Å². The minimum absolute atomic E-state index is 0.147. The molecule has 0 saturated heterocycles. The molecule has 0 saturated carbocycles. The van der Waals surface area contributed by atoms with Crippen molar-refractivity contribution in [2.24, 2.45) is 0 Å². The number of nitrogens with one attached hydrogen (secondary N) is 2. The van der Waals surface area contributed by atoms with Crippen LogP contribution < -0.4 is 10.0 Å². The number of amides is 1. The summed E-state index contributed by atoms with van der Waals surface area (Å²) in [6.07, 6.45) is -4.29. The highest BCUT2D eigenvalue weighted by atomic mass is 32.2. The lowest BCUT2D eigenvalue weighted by molar-refractivity contribution is -0.137. The highest BCUT2D eigenvalue weighted by molar-refractivity contribution is 7.92. The van der Waals surface area contributed by atoms with Gasteiger partial charge in [-0.05, 0) is 36.8 Å². The molecule has 2 aromatic rings. The zero-order valence-corrected chi connectivity index (χ0v) is 15.1. The molecule has 0 aromatic heterocycles. The van der Waals surface area contributed by atoms with Crippen LogP contribution in [0.3, 0.4) is 0 Å². The molecule has 0 atom stereocenters. The van der Waals surface area contributed by atoms with Crippen LogP contribution in [0, 0.1) is 0 Å². The largest absolute Gasteiger partial charge is 0.416 e. The van der Waals surface area contributed by atoms with E-state index in [2.05, 4.69) is 16.6 Å². The van der Waals surface area contributed by atoms with Gasteiger partial charge in [-0.3, -0.25) is 9.52 Å². The molecular formula is C18H17F3N2O3S. The molecule has 0 heterocycles. The van der Waals surface area contributed by atoms with Crippen LogP contribution in [-0.4, -0.2) is 14.3 Å². The molecule has 0 bridgehead atoms. The Hall–Kier alpha value is -2.81. The van der Waals surface area contributed by atoms with Crippen molar-refractivity contribution in [1.82, 2.24) is 5.32 Å². The van der Waals surface area contributed by atoms with E-state index in [1.54, 1.807) is 13.0 Å². The molecule has 0 aliphatic heterocycles. The first-order valence-corrected chi connectivity index (χ1v) is 9.31. The molecule has 2 rings (SSSR count). The molecule has 2 aromatic carbocycles. The number of carbonyl (C=O) groups excluding carboxylic acids is 1. The molecule has 0 spiro atoms. The summed E-state index contributed by atoms with van der Waals surface area (Å²) < 4.78 is 66.1. The van der Waals surface area contributed by atoms with Crippen molar-refractivity contribution in [3.8, 4) is 0 Å². The number of hydrogen-bond acceptors (Lipinski definition) is 3. The zero-order valence-electron chi connectivity index (χ0n) is 14.3. The van der Waals surface area contributed by atoms with Gasteiger partial charge in [-0.15, -0.1) is 0 Å². The fourth-order valence-corrected chi connectivity index (χ4v) is 3.21. The molecule has 2 N–H and O–H groups in total. The third kappa shape index (κ3) is 5.10. The molecule has 0 radical (unpaired) electrons. The number of anilines is 1. The summed E-state index contributed by atoms with van der Waals surface area (Å²) in [4.78, 5) is 12.2. The Morgan fingerprint density at radius 1 is 1.11 bits per heavy atom. The van der Waals surface area contributed by atoms with E-state index in [9.17, 15) is 26.4 Å². The first-order chi connectivity index (χ1) is 12.5.